The average Bonchev–Trinajstić information content (AvgIpc) is 3.06. The minimum Gasteiger partial charge on any atom is -0.489 e. The minimum absolute atomic E-state index is 0.206. The number of aryl methyl sites for hydroxylation is 1. The van der Waals surface area contributed by atoms with Crippen molar-refractivity contribution in [2.45, 2.75) is 13.5 Å². The van der Waals surface area contributed by atoms with E-state index in [1.165, 1.54) is 12.7 Å². The van der Waals surface area contributed by atoms with Crippen LogP contribution < -0.4 is 10.1 Å². The summed E-state index contributed by atoms with van der Waals surface area (Å²) in [6.45, 7) is 2.52. The molecule has 0 aliphatic carbocycles. The number of hydrogen-bond acceptors (Lipinski definition) is 7. The SMILES string of the molecule is COC(=O)/C=C1/S/C(=N\N=Cc2cccc(OCc3cccc(C)c3)c2)NC1=O. The summed E-state index contributed by atoms with van der Waals surface area (Å²) in [5.74, 6) is -0.300. The van der Waals surface area contributed by atoms with Gasteiger partial charge in [-0.2, -0.15) is 5.10 Å². The van der Waals surface area contributed by atoms with Crippen LogP contribution in [0.5, 0.6) is 5.75 Å². The molecule has 1 amide bonds. The average molecular weight is 409 g/mol. The van der Waals surface area contributed by atoms with Crippen molar-refractivity contribution in [1.29, 1.82) is 0 Å². The Labute approximate surface area is 172 Å². The second-order valence-electron chi connectivity index (χ2n) is 6.09. The molecule has 0 radical (unpaired) electrons. The number of rotatable bonds is 6. The molecule has 1 fully saturated rings. The van der Waals surface area contributed by atoms with E-state index in [-0.39, 0.29) is 10.1 Å². The fraction of sp³-hybridized carbons (Fsp3) is 0.143. The summed E-state index contributed by atoms with van der Waals surface area (Å²) in [4.78, 5) is 23.2. The lowest BCUT2D eigenvalue weighted by atomic mass is 10.1. The van der Waals surface area contributed by atoms with Crippen molar-refractivity contribution in [1.82, 2.24) is 5.32 Å². The summed E-state index contributed by atoms with van der Waals surface area (Å²) in [6, 6.07) is 15.6. The third-order valence-corrected chi connectivity index (χ3v) is 4.70. The monoisotopic (exact) mass is 409 g/mol. The predicted molar refractivity (Wildman–Crippen MR) is 113 cm³/mol. The fourth-order valence-electron chi connectivity index (χ4n) is 2.44. The van der Waals surface area contributed by atoms with Gasteiger partial charge in [-0.1, -0.05) is 42.0 Å². The molecule has 1 aliphatic heterocycles. The van der Waals surface area contributed by atoms with Gasteiger partial charge in [-0.3, -0.25) is 10.1 Å². The van der Waals surface area contributed by atoms with Gasteiger partial charge in [-0.15, -0.1) is 5.10 Å². The fourth-order valence-corrected chi connectivity index (χ4v) is 3.18. The highest BCUT2D eigenvalue weighted by molar-refractivity contribution is 8.18. The van der Waals surface area contributed by atoms with E-state index in [9.17, 15) is 9.59 Å². The Kier molecular flexibility index (Phi) is 6.80. The molecule has 1 aliphatic rings. The second-order valence-corrected chi connectivity index (χ2v) is 7.12. The van der Waals surface area contributed by atoms with Crippen LogP contribution in [0.2, 0.25) is 0 Å². The van der Waals surface area contributed by atoms with Gasteiger partial charge in [0.25, 0.3) is 5.91 Å². The van der Waals surface area contributed by atoms with Crippen LogP contribution >= 0.6 is 11.8 Å². The summed E-state index contributed by atoms with van der Waals surface area (Å²) in [6.07, 6.45) is 2.67. The van der Waals surface area contributed by atoms with Gasteiger partial charge in [-0.25, -0.2) is 4.79 Å². The van der Waals surface area contributed by atoms with Crippen molar-refractivity contribution in [3.8, 4) is 5.75 Å². The number of carbonyl (C=O) groups is 2. The zero-order chi connectivity index (χ0) is 20.6. The van der Waals surface area contributed by atoms with Gasteiger partial charge in [0, 0.05) is 6.08 Å². The standard InChI is InChI=1S/C21H19N3O4S/c1-14-5-3-7-16(9-14)13-28-17-8-4-6-15(10-17)12-22-24-21-23-20(26)18(29-21)11-19(25)27-2/h3-12H,13H2,1-2H3,(H,23,24,26)/b18-11+,22-12?. The molecule has 0 aromatic heterocycles. The Morgan fingerprint density at radius 2 is 2.03 bits per heavy atom. The van der Waals surface area contributed by atoms with E-state index >= 15 is 0 Å². The smallest absolute Gasteiger partial charge is 0.331 e. The van der Waals surface area contributed by atoms with Gasteiger partial charge in [0.05, 0.1) is 18.2 Å². The molecule has 8 heteroatoms. The van der Waals surface area contributed by atoms with E-state index in [1.807, 2.05) is 49.4 Å². The first-order valence-corrected chi connectivity index (χ1v) is 9.53. The van der Waals surface area contributed by atoms with Crippen LogP contribution in [-0.4, -0.2) is 30.4 Å². The number of ether oxygens (including phenoxy) is 2. The van der Waals surface area contributed by atoms with E-state index in [2.05, 4.69) is 26.3 Å². The van der Waals surface area contributed by atoms with Crippen molar-refractivity contribution in [2.24, 2.45) is 10.2 Å². The van der Waals surface area contributed by atoms with Gasteiger partial charge < -0.3 is 9.47 Å². The first kappa shape index (κ1) is 20.3. The molecule has 0 atom stereocenters. The largest absolute Gasteiger partial charge is 0.489 e. The Bertz CT molecular complexity index is 1010. The van der Waals surface area contributed by atoms with E-state index < -0.39 is 11.9 Å². The maximum Gasteiger partial charge on any atom is 0.331 e. The molecule has 0 unspecified atom stereocenters. The van der Waals surface area contributed by atoms with E-state index in [0.29, 0.717) is 6.61 Å². The quantitative estimate of drug-likeness (QED) is 0.343. The molecule has 3 rings (SSSR count). The Morgan fingerprint density at radius 1 is 1.21 bits per heavy atom. The van der Waals surface area contributed by atoms with E-state index in [4.69, 9.17) is 4.74 Å². The maximum atomic E-state index is 11.8. The van der Waals surface area contributed by atoms with Crippen molar-refractivity contribution >= 4 is 35.0 Å². The van der Waals surface area contributed by atoms with Crippen molar-refractivity contribution in [3.05, 3.63) is 76.2 Å². The lowest BCUT2D eigenvalue weighted by Gasteiger charge is -2.07. The number of methoxy groups -OCH3 is 1. The highest BCUT2D eigenvalue weighted by atomic mass is 32.2. The number of nitrogens with one attached hydrogen (secondary N) is 1. The Balaban J connectivity index is 1.60. The molecule has 1 saturated heterocycles. The first-order chi connectivity index (χ1) is 14.0. The van der Waals surface area contributed by atoms with Gasteiger partial charge in [0.2, 0.25) is 0 Å². The minimum atomic E-state index is -0.602. The lowest BCUT2D eigenvalue weighted by molar-refractivity contribution is -0.135. The zero-order valence-corrected chi connectivity index (χ0v) is 16.7. The lowest BCUT2D eigenvalue weighted by Crippen LogP contribution is -2.19. The van der Waals surface area contributed by atoms with Gasteiger partial charge in [-0.05, 0) is 41.9 Å². The zero-order valence-electron chi connectivity index (χ0n) is 15.9. The first-order valence-electron chi connectivity index (χ1n) is 8.72. The number of amides is 1. The van der Waals surface area contributed by atoms with Crippen LogP contribution in [0.3, 0.4) is 0 Å². The third kappa shape index (κ3) is 6.05. The summed E-state index contributed by atoms with van der Waals surface area (Å²) in [5, 5.41) is 10.8. The maximum absolute atomic E-state index is 11.8. The number of carbonyl (C=O) groups excluding carboxylic acids is 2. The highest BCUT2D eigenvalue weighted by Gasteiger charge is 2.24. The predicted octanol–water partition coefficient (Wildman–Crippen LogP) is 3.18. The van der Waals surface area contributed by atoms with Crippen molar-refractivity contribution < 1.29 is 19.1 Å². The van der Waals surface area contributed by atoms with Gasteiger partial charge in [0.15, 0.2) is 5.17 Å². The molecule has 7 nitrogen and oxygen atoms in total. The van der Waals surface area contributed by atoms with Gasteiger partial charge >= 0.3 is 5.97 Å². The number of hydrogen-bond donors (Lipinski definition) is 1. The van der Waals surface area contributed by atoms with Gasteiger partial charge in [0.1, 0.15) is 12.4 Å². The normalized spacial score (nSPS) is 16.4. The molecule has 1 N–H and O–H groups in total. The molecule has 148 valence electrons. The Morgan fingerprint density at radius 3 is 2.83 bits per heavy atom. The highest BCUT2D eigenvalue weighted by Crippen LogP contribution is 2.23. The molecule has 2 aromatic carbocycles. The second kappa shape index (κ2) is 9.70. The molecule has 0 saturated carbocycles. The van der Waals surface area contributed by atoms with Crippen LogP contribution in [-0.2, 0) is 20.9 Å². The topological polar surface area (TPSA) is 89.3 Å². The van der Waals surface area contributed by atoms with E-state index in [1.54, 1.807) is 6.21 Å². The molecule has 2 aromatic rings. The molecule has 0 bridgehead atoms. The van der Waals surface area contributed by atoms with Crippen molar-refractivity contribution in [2.75, 3.05) is 7.11 Å². The van der Waals surface area contributed by atoms with Crippen molar-refractivity contribution in [3.63, 3.8) is 0 Å². The van der Waals surface area contributed by atoms with Crippen LogP contribution in [0.1, 0.15) is 16.7 Å². The number of esters is 1. The van der Waals surface area contributed by atoms with Crippen LogP contribution in [0.4, 0.5) is 0 Å². The number of benzene rings is 2. The van der Waals surface area contributed by atoms with Crippen LogP contribution in [0, 0.1) is 6.92 Å². The molecular formula is C21H19N3O4S. The number of amidine groups is 1. The number of thioether (sulfide) groups is 1. The molecular weight excluding hydrogens is 390 g/mol. The van der Waals surface area contributed by atoms with Crippen LogP contribution in [0.25, 0.3) is 0 Å². The molecule has 0 spiro atoms. The van der Waals surface area contributed by atoms with E-state index in [0.717, 1.165) is 34.7 Å². The number of nitrogens with zero attached hydrogens (tertiary/aromatic N) is 2. The summed E-state index contributed by atoms with van der Waals surface area (Å²) in [5.41, 5.74) is 3.09. The summed E-state index contributed by atoms with van der Waals surface area (Å²) >= 11 is 1.02. The Hall–Kier alpha value is -3.39. The summed E-state index contributed by atoms with van der Waals surface area (Å²) in [7, 11) is 1.24. The third-order valence-electron chi connectivity index (χ3n) is 3.80. The molecule has 1 heterocycles. The summed E-state index contributed by atoms with van der Waals surface area (Å²) < 4.78 is 10.3. The van der Waals surface area contributed by atoms with Crippen LogP contribution in [0.15, 0.2) is 69.7 Å². The molecule has 29 heavy (non-hydrogen) atoms.